The first-order chi connectivity index (χ1) is 8.33. The molecule has 1 unspecified atom stereocenters. The average molecular weight is 249 g/mol. The lowest BCUT2D eigenvalue weighted by molar-refractivity contribution is 0.167. The van der Waals surface area contributed by atoms with E-state index in [4.69, 9.17) is 0 Å². The first-order valence-corrected chi connectivity index (χ1v) is 6.85. The minimum atomic E-state index is -0.516. The van der Waals surface area contributed by atoms with Crippen molar-refractivity contribution in [3.8, 4) is 5.69 Å². The summed E-state index contributed by atoms with van der Waals surface area (Å²) < 4.78 is 1.69. The minimum Gasteiger partial charge on any atom is -0.387 e. The largest absolute Gasteiger partial charge is 0.387 e. The van der Waals surface area contributed by atoms with Gasteiger partial charge in [-0.25, -0.2) is 4.68 Å². The number of aromatic nitrogens is 3. The van der Waals surface area contributed by atoms with Gasteiger partial charge in [0, 0.05) is 0 Å². The maximum absolute atomic E-state index is 10.1. The van der Waals surface area contributed by atoms with Gasteiger partial charge in [0.25, 0.3) is 0 Å². The summed E-state index contributed by atoms with van der Waals surface area (Å²) in [5, 5.41) is 18.0. The number of aliphatic hydroxyl groups excluding tert-OH is 1. The second-order valence-electron chi connectivity index (χ2n) is 3.70. The van der Waals surface area contributed by atoms with E-state index in [0.29, 0.717) is 6.42 Å². The highest BCUT2D eigenvalue weighted by Crippen LogP contribution is 2.20. The molecule has 0 saturated heterocycles. The third kappa shape index (κ3) is 2.87. The van der Waals surface area contributed by atoms with Crippen LogP contribution in [0.4, 0.5) is 0 Å². The topological polar surface area (TPSA) is 50.9 Å². The van der Waals surface area contributed by atoms with Crippen LogP contribution in [0.15, 0.2) is 36.5 Å². The molecule has 4 nitrogen and oxygen atoms in total. The zero-order valence-electron chi connectivity index (χ0n) is 9.65. The molecule has 0 aliphatic rings. The van der Waals surface area contributed by atoms with Crippen molar-refractivity contribution in [2.45, 2.75) is 12.5 Å². The fourth-order valence-electron chi connectivity index (χ4n) is 1.62. The van der Waals surface area contributed by atoms with Crippen molar-refractivity contribution < 1.29 is 5.11 Å². The third-order valence-electron chi connectivity index (χ3n) is 2.51. The number of rotatable bonds is 5. The fraction of sp³-hybridized carbons (Fsp3) is 0.333. The van der Waals surface area contributed by atoms with E-state index in [9.17, 15) is 5.11 Å². The molecule has 0 bridgehead atoms. The summed E-state index contributed by atoms with van der Waals surface area (Å²) in [6.45, 7) is 0. The Morgan fingerprint density at radius 3 is 2.82 bits per heavy atom. The Labute approximate surface area is 105 Å². The molecule has 90 valence electrons. The van der Waals surface area contributed by atoms with E-state index >= 15 is 0 Å². The molecule has 5 heteroatoms. The summed E-state index contributed by atoms with van der Waals surface area (Å²) in [4.78, 5) is 0. The lowest BCUT2D eigenvalue weighted by atomic mass is 10.2. The van der Waals surface area contributed by atoms with Crippen LogP contribution in [0.3, 0.4) is 0 Å². The van der Waals surface area contributed by atoms with Crippen LogP contribution in [-0.2, 0) is 0 Å². The van der Waals surface area contributed by atoms with Crippen LogP contribution in [0.5, 0.6) is 0 Å². The van der Waals surface area contributed by atoms with Crippen molar-refractivity contribution in [1.29, 1.82) is 0 Å². The molecule has 0 aliphatic carbocycles. The number of benzene rings is 1. The van der Waals surface area contributed by atoms with Crippen LogP contribution in [0.25, 0.3) is 5.69 Å². The molecule has 17 heavy (non-hydrogen) atoms. The molecule has 0 aliphatic heterocycles. The number of hydrogen-bond acceptors (Lipinski definition) is 4. The molecular weight excluding hydrogens is 234 g/mol. The molecule has 1 atom stereocenters. The highest BCUT2D eigenvalue weighted by atomic mass is 32.2. The molecule has 0 fully saturated rings. The molecule has 2 rings (SSSR count). The predicted octanol–water partition coefficient (Wildman–Crippen LogP) is 2.05. The summed E-state index contributed by atoms with van der Waals surface area (Å²) in [6.07, 6.45) is 3.84. The maximum Gasteiger partial charge on any atom is 0.0985 e. The Hall–Kier alpha value is -1.33. The Bertz CT molecular complexity index is 458. The van der Waals surface area contributed by atoms with E-state index in [-0.39, 0.29) is 0 Å². The van der Waals surface area contributed by atoms with Gasteiger partial charge in [-0.2, -0.15) is 11.8 Å². The molecule has 1 aromatic heterocycles. The SMILES string of the molecule is CSCCC(O)c1cnnn1-c1ccccc1. The Morgan fingerprint density at radius 1 is 1.35 bits per heavy atom. The highest BCUT2D eigenvalue weighted by molar-refractivity contribution is 7.98. The standard InChI is InChI=1S/C12H15N3OS/c1-17-8-7-12(16)11-9-13-14-15(11)10-5-3-2-4-6-10/h2-6,9,12,16H,7-8H2,1H3. The number of nitrogens with zero attached hydrogens (tertiary/aromatic N) is 3. The summed E-state index contributed by atoms with van der Waals surface area (Å²) >= 11 is 1.72. The van der Waals surface area contributed by atoms with Crippen molar-refractivity contribution in [3.63, 3.8) is 0 Å². The third-order valence-corrected chi connectivity index (χ3v) is 3.16. The predicted molar refractivity (Wildman–Crippen MR) is 69.3 cm³/mol. The molecule has 0 radical (unpaired) electrons. The van der Waals surface area contributed by atoms with Crippen LogP contribution in [-0.4, -0.2) is 32.1 Å². The Kier molecular flexibility index (Phi) is 4.17. The monoisotopic (exact) mass is 249 g/mol. The van der Waals surface area contributed by atoms with Crippen LogP contribution in [0.2, 0.25) is 0 Å². The normalized spacial score (nSPS) is 12.6. The van der Waals surface area contributed by atoms with Crippen molar-refractivity contribution in [1.82, 2.24) is 15.0 Å². The molecular formula is C12H15N3OS. The second-order valence-corrected chi connectivity index (χ2v) is 4.69. The number of hydrogen-bond donors (Lipinski definition) is 1. The molecule has 2 aromatic rings. The van der Waals surface area contributed by atoms with Crippen LogP contribution < -0.4 is 0 Å². The quantitative estimate of drug-likeness (QED) is 0.881. The minimum absolute atomic E-state index is 0.516. The van der Waals surface area contributed by atoms with Gasteiger partial charge in [-0.3, -0.25) is 0 Å². The molecule has 0 spiro atoms. The smallest absolute Gasteiger partial charge is 0.0985 e. The van der Waals surface area contributed by atoms with Crippen LogP contribution in [0.1, 0.15) is 18.2 Å². The van der Waals surface area contributed by atoms with Crippen LogP contribution >= 0.6 is 11.8 Å². The summed E-state index contributed by atoms with van der Waals surface area (Å²) in [7, 11) is 0. The summed E-state index contributed by atoms with van der Waals surface area (Å²) in [5.41, 5.74) is 1.66. The van der Waals surface area contributed by atoms with Crippen molar-refractivity contribution in [2.75, 3.05) is 12.0 Å². The zero-order valence-corrected chi connectivity index (χ0v) is 10.5. The van der Waals surface area contributed by atoms with E-state index in [1.807, 2.05) is 36.6 Å². The first-order valence-electron chi connectivity index (χ1n) is 5.46. The van der Waals surface area contributed by atoms with Gasteiger partial charge in [-0.1, -0.05) is 23.4 Å². The fourth-order valence-corrected chi connectivity index (χ4v) is 2.08. The number of para-hydroxylation sites is 1. The van der Waals surface area contributed by atoms with Crippen molar-refractivity contribution in [2.24, 2.45) is 0 Å². The lowest BCUT2D eigenvalue weighted by Gasteiger charge is -2.11. The van der Waals surface area contributed by atoms with Gasteiger partial charge in [0.1, 0.15) is 0 Å². The van der Waals surface area contributed by atoms with Gasteiger partial charge in [0.15, 0.2) is 0 Å². The first kappa shape index (κ1) is 12.1. The summed E-state index contributed by atoms with van der Waals surface area (Å²) in [5.74, 6) is 0.918. The van der Waals surface area contributed by atoms with E-state index in [0.717, 1.165) is 17.1 Å². The van der Waals surface area contributed by atoms with Crippen molar-refractivity contribution in [3.05, 3.63) is 42.2 Å². The average Bonchev–Trinajstić information content (AvgIpc) is 2.86. The highest BCUT2D eigenvalue weighted by Gasteiger charge is 2.14. The number of aliphatic hydroxyl groups is 1. The molecule has 1 aromatic carbocycles. The van der Waals surface area contributed by atoms with Gasteiger partial charge in [-0.05, 0) is 30.6 Å². The maximum atomic E-state index is 10.1. The van der Waals surface area contributed by atoms with Gasteiger partial charge in [0.2, 0.25) is 0 Å². The van der Waals surface area contributed by atoms with E-state index in [1.165, 1.54) is 0 Å². The van der Waals surface area contributed by atoms with Crippen LogP contribution in [0, 0.1) is 0 Å². The van der Waals surface area contributed by atoms with E-state index in [1.54, 1.807) is 22.6 Å². The van der Waals surface area contributed by atoms with Gasteiger partial charge >= 0.3 is 0 Å². The second kappa shape index (κ2) is 5.84. The Morgan fingerprint density at radius 2 is 2.12 bits per heavy atom. The molecule has 1 heterocycles. The lowest BCUT2D eigenvalue weighted by Crippen LogP contribution is -2.08. The number of thioether (sulfide) groups is 1. The Balaban J connectivity index is 2.23. The molecule has 0 saturated carbocycles. The molecule has 0 amide bonds. The zero-order chi connectivity index (χ0) is 12.1. The van der Waals surface area contributed by atoms with E-state index in [2.05, 4.69) is 10.3 Å². The van der Waals surface area contributed by atoms with Gasteiger partial charge < -0.3 is 5.11 Å². The van der Waals surface area contributed by atoms with Gasteiger partial charge in [-0.15, -0.1) is 5.10 Å². The molecule has 1 N–H and O–H groups in total. The summed E-state index contributed by atoms with van der Waals surface area (Å²) in [6, 6.07) is 9.72. The van der Waals surface area contributed by atoms with E-state index < -0.39 is 6.10 Å². The van der Waals surface area contributed by atoms with Crippen molar-refractivity contribution >= 4 is 11.8 Å². The van der Waals surface area contributed by atoms with Gasteiger partial charge in [0.05, 0.1) is 23.7 Å².